The third-order valence-electron chi connectivity index (χ3n) is 13.7. The average Bonchev–Trinajstić information content (AvgIpc) is 3.51. The summed E-state index contributed by atoms with van der Waals surface area (Å²) in [5, 5.41) is 0. The van der Waals surface area contributed by atoms with Crippen LogP contribution in [0.1, 0.15) is 106 Å². The van der Waals surface area contributed by atoms with E-state index in [2.05, 4.69) is 55.4 Å². The fourth-order valence-electron chi connectivity index (χ4n) is 11.2. The van der Waals surface area contributed by atoms with Gasteiger partial charge in [0, 0.05) is 17.0 Å². The van der Waals surface area contributed by atoms with Crippen LogP contribution in [0.2, 0.25) is 16.6 Å². The van der Waals surface area contributed by atoms with Crippen molar-refractivity contribution in [2.75, 3.05) is 12.4 Å². The van der Waals surface area contributed by atoms with Crippen LogP contribution in [-0.4, -0.2) is 62.4 Å². The molecule has 1 spiro atoms. The van der Waals surface area contributed by atoms with Gasteiger partial charge in [-0.1, -0.05) is 91.8 Å². The van der Waals surface area contributed by atoms with Gasteiger partial charge in [0.25, 0.3) is 0 Å². The van der Waals surface area contributed by atoms with Crippen LogP contribution in [-0.2, 0) is 30.6 Å². The van der Waals surface area contributed by atoms with E-state index in [9.17, 15) is 18.0 Å². The summed E-state index contributed by atoms with van der Waals surface area (Å²) in [7, 11) is -5.86. The van der Waals surface area contributed by atoms with E-state index in [1.807, 2.05) is 41.3 Å². The molecule has 48 heavy (non-hydrogen) atoms. The molecule has 3 aliphatic carbocycles. The molecule has 6 atom stereocenters. The van der Waals surface area contributed by atoms with Crippen molar-refractivity contribution in [3.8, 4) is 0 Å². The van der Waals surface area contributed by atoms with Gasteiger partial charge >= 0.3 is 6.09 Å². The quantitative estimate of drug-likeness (QED) is 0.241. The summed E-state index contributed by atoms with van der Waals surface area (Å²) in [4.78, 5) is 30.1. The third-order valence-corrected chi connectivity index (χ3v) is 21.7. The molecule has 2 saturated heterocycles. The Labute approximate surface area is 290 Å². The van der Waals surface area contributed by atoms with E-state index in [1.165, 1.54) is 4.31 Å². The normalized spacial score (nSPS) is 32.1. The predicted molar refractivity (Wildman–Crippen MR) is 191 cm³/mol. The molecule has 6 rings (SSSR count). The summed E-state index contributed by atoms with van der Waals surface area (Å²) in [6.07, 6.45) is 6.89. The van der Waals surface area contributed by atoms with Crippen molar-refractivity contribution in [2.24, 2.45) is 28.6 Å². The molecule has 266 valence electrons. The molecule has 4 fully saturated rings. The number of likely N-dealkylation sites (tertiary alicyclic amines) is 1. The van der Waals surface area contributed by atoms with Crippen LogP contribution in [0.4, 0.5) is 4.79 Å². The minimum atomic E-state index is -3.68. The number of sulfonamides is 1. The molecule has 10 heteroatoms. The van der Waals surface area contributed by atoms with Crippen LogP contribution in [0.15, 0.2) is 42.1 Å². The standard InChI is InChI=1S/C38H58N2O6SSi/c1-25(2)48(26(3)4,27(5)6)46-23-32-16-14-29-20-30(15-17-33(29)39(32)36(42)45-22-28-12-10-9-11-13-28)35(41)40-34-21-31-18-19-38(34,37(31,7)8)24-47(40,43)44/h9-13,17,25-27,29-32,34H,14-16,18-24H2,1-8H3/t29-,30+,31+,32-,34+,38+/m1/s1. The van der Waals surface area contributed by atoms with Gasteiger partial charge in [-0.3, -0.25) is 9.69 Å². The number of nitrogens with zero attached hydrogens (tertiary/aromatic N) is 2. The van der Waals surface area contributed by atoms with E-state index in [-0.39, 0.29) is 53.2 Å². The molecule has 2 bridgehead atoms. The van der Waals surface area contributed by atoms with E-state index in [4.69, 9.17) is 9.16 Å². The molecule has 0 unspecified atom stereocenters. The zero-order valence-electron chi connectivity index (χ0n) is 30.4. The minimum absolute atomic E-state index is 0.0220. The van der Waals surface area contributed by atoms with Crippen molar-refractivity contribution in [3.05, 3.63) is 47.7 Å². The van der Waals surface area contributed by atoms with Gasteiger partial charge < -0.3 is 9.16 Å². The molecule has 0 N–H and O–H groups in total. The van der Waals surface area contributed by atoms with Gasteiger partial charge in [0.05, 0.1) is 24.4 Å². The number of carbonyl (C=O) groups excluding carboxylic acids is 2. The highest BCUT2D eigenvalue weighted by Gasteiger charge is 2.72. The molecule has 2 saturated carbocycles. The summed E-state index contributed by atoms with van der Waals surface area (Å²) < 4.78 is 41.7. The number of ether oxygens (including phenoxy) is 1. The number of hydrogen-bond acceptors (Lipinski definition) is 6. The largest absolute Gasteiger partial charge is 0.444 e. The highest BCUT2D eigenvalue weighted by Crippen LogP contribution is 2.70. The van der Waals surface area contributed by atoms with Crippen LogP contribution in [0.5, 0.6) is 0 Å². The number of fused-ring (bicyclic) bond motifs is 2. The number of carbonyl (C=O) groups is 2. The first-order chi connectivity index (χ1) is 22.6. The maximum atomic E-state index is 14.3. The van der Waals surface area contributed by atoms with E-state index in [1.54, 1.807) is 0 Å². The lowest BCUT2D eigenvalue weighted by Gasteiger charge is -2.47. The van der Waals surface area contributed by atoms with Crippen LogP contribution >= 0.6 is 0 Å². The Hall–Kier alpha value is -2.17. The summed E-state index contributed by atoms with van der Waals surface area (Å²) in [6, 6.07) is 9.32. The molecule has 1 aromatic rings. The fourth-order valence-corrected chi connectivity index (χ4v) is 19.3. The summed E-state index contributed by atoms with van der Waals surface area (Å²) >= 11 is 0. The predicted octanol–water partition coefficient (Wildman–Crippen LogP) is 8.26. The minimum Gasteiger partial charge on any atom is -0.444 e. The maximum Gasteiger partial charge on any atom is 0.414 e. The average molecular weight is 699 g/mol. The molecular formula is C38H58N2O6SSi. The van der Waals surface area contributed by atoms with Gasteiger partial charge in [0.15, 0.2) is 8.32 Å². The Kier molecular flexibility index (Phi) is 9.55. The summed E-state index contributed by atoms with van der Waals surface area (Å²) in [5.41, 5.74) is 2.69. The van der Waals surface area contributed by atoms with Crippen LogP contribution in [0, 0.1) is 28.6 Å². The fraction of sp³-hybridized carbons (Fsp3) is 0.737. The number of rotatable bonds is 9. The van der Waals surface area contributed by atoms with Gasteiger partial charge in [-0.25, -0.2) is 17.5 Å². The monoisotopic (exact) mass is 698 g/mol. The molecule has 2 amide bonds. The van der Waals surface area contributed by atoms with Gasteiger partial charge in [0.2, 0.25) is 15.9 Å². The van der Waals surface area contributed by atoms with E-state index < -0.39 is 24.3 Å². The van der Waals surface area contributed by atoms with Crippen LogP contribution in [0.3, 0.4) is 0 Å². The zero-order valence-corrected chi connectivity index (χ0v) is 32.2. The smallest absolute Gasteiger partial charge is 0.414 e. The van der Waals surface area contributed by atoms with Crippen LogP contribution < -0.4 is 0 Å². The Morgan fingerprint density at radius 1 is 0.958 bits per heavy atom. The molecule has 0 radical (unpaired) electrons. The van der Waals surface area contributed by atoms with Gasteiger partial charge in [-0.05, 0) is 84.4 Å². The first-order valence-electron chi connectivity index (χ1n) is 18.5. The summed E-state index contributed by atoms with van der Waals surface area (Å²) in [6.45, 7) is 18.7. The second-order valence-electron chi connectivity index (χ2n) is 17.0. The molecular weight excluding hydrogens is 641 g/mol. The topological polar surface area (TPSA) is 93.2 Å². The first-order valence-corrected chi connectivity index (χ1v) is 22.2. The van der Waals surface area contributed by atoms with Gasteiger partial charge in [0.1, 0.15) is 6.61 Å². The number of piperidine rings is 1. The van der Waals surface area contributed by atoms with Gasteiger partial charge in [-0.15, -0.1) is 0 Å². The maximum absolute atomic E-state index is 14.3. The van der Waals surface area contributed by atoms with E-state index >= 15 is 0 Å². The van der Waals surface area contributed by atoms with Crippen molar-refractivity contribution in [1.82, 2.24) is 9.21 Å². The lowest BCUT2D eigenvalue weighted by molar-refractivity contribution is -0.134. The molecule has 8 nitrogen and oxygen atoms in total. The molecule has 5 aliphatic rings. The zero-order chi connectivity index (χ0) is 34.8. The Morgan fingerprint density at radius 3 is 2.25 bits per heavy atom. The number of benzene rings is 1. The van der Waals surface area contributed by atoms with Crippen molar-refractivity contribution < 1.29 is 27.2 Å². The second-order valence-corrected chi connectivity index (χ2v) is 24.3. The number of allylic oxidation sites excluding steroid dienone is 2. The molecule has 0 aromatic heterocycles. The number of amides is 2. The van der Waals surface area contributed by atoms with Gasteiger partial charge in [-0.2, -0.15) is 0 Å². The van der Waals surface area contributed by atoms with E-state index in [0.717, 1.165) is 43.4 Å². The second kappa shape index (κ2) is 12.9. The van der Waals surface area contributed by atoms with Crippen molar-refractivity contribution in [1.29, 1.82) is 0 Å². The first kappa shape index (κ1) is 35.6. The Morgan fingerprint density at radius 2 is 1.62 bits per heavy atom. The third kappa shape index (κ3) is 5.60. The highest BCUT2D eigenvalue weighted by atomic mass is 32.2. The number of hydrogen-bond donors (Lipinski definition) is 0. The lowest BCUT2D eigenvalue weighted by atomic mass is 9.69. The lowest BCUT2D eigenvalue weighted by Crippen LogP contribution is -2.54. The highest BCUT2D eigenvalue weighted by molar-refractivity contribution is 7.90. The van der Waals surface area contributed by atoms with Crippen LogP contribution in [0.25, 0.3) is 0 Å². The summed E-state index contributed by atoms with van der Waals surface area (Å²) in [5.74, 6) is -0.118. The van der Waals surface area contributed by atoms with E-state index in [0.29, 0.717) is 42.0 Å². The molecule has 2 heterocycles. The SMILES string of the molecule is CC(C)[Si](OC[C@H]1CC[C@@H]2C[C@@H](C(=O)N3[C@H]4C[C@@H]5CC[C@@]4(CS3(=O)=O)C5(C)C)CC=C2N1C(=O)OCc1ccccc1)(C(C)C)C(C)C. The Balaban J connectivity index is 1.24. The van der Waals surface area contributed by atoms with Crippen molar-refractivity contribution >= 4 is 30.3 Å². The Bertz CT molecular complexity index is 1500. The molecule has 1 aromatic carbocycles. The molecule has 2 aliphatic heterocycles. The van der Waals surface area contributed by atoms with Crippen molar-refractivity contribution in [2.45, 2.75) is 136 Å². The van der Waals surface area contributed by atoms with Crippen molar-refractivity contribution in [3.63, 3.8) is 0 Å².